The Hall–Kier alpha value is -1.40. The van der Waals surface area contributed by atoms with Gasteiger partial charge in [0, 0.05) is 43.0 Å². The van der Waals surface area contributed by atoms with Gasteiger partial charge in [0.25, 0.3) is 0 Å². The molecule has 3 fully saturated rings. The molecule has 0 atom stereocenters. The normalized spacial score (nSPS) is 22.0. The molecule has 4 rings (SSSR count). The lowest BCUT2D eigenvalue weighted by molar-refractivity contribution is -0.139. The van der Waals surface area contributed by atoms with E-state index in [0.29, 0.717) is 18.5 Å². The third-order valence-electron chi connectivity index (χ3n) is 6.21. The summed E-state index contributed by atoms with van der Waals surface area (Å²) in [6, 6.07) is 4.61. The number of hydrogen-bond donors (Lipinski definition) is 0. The highest BCUT2D eigenvalue weighted by molar-refractivity contribution is 7.09. The zero-order valence-corrected chi connectivity index (χ0v) is 17.0. The molecule has 0 bridgehead atoms. The Morgan fingerprint density at radius 1 is 1.04 bits per heavy atom. The molecule has 1 aromatic rings. The van der Waals surface area contributed by atoms with Crippen LogP contribution in [0.1, 0.15) is 49.8 Å². The second-order valence-electron chi connectivity index (χ2n) is 8.27. The molecular weight excluding hydrogens is 358 g/mol. The maximum atomic E-state index is 12.9. The second kappa shape index (κ2) is 8.74. The molecule has 1 aromatic heterocycles. The molecule has 3 aliphatic rings. The molecule has 2 amide bonds. The van der Waals surface area contributed by atoms with E-state index in [2.05, 4.69) is 27.3 Å². The molecule has 6 heteroatoms. The van der Waals surface area contributed by atoms with Crippen LogP contribution in [0, 0.1) is 5.92 Å². The summed E-state index contributed by atoms with van der Waals surface area (Å²) < 4.78 is 0. The fraction of sp³-hybridized carbons (Fsp3) is 0.714. The molecule has 1 aliphatic heterocycles. The van der Waals surface area contributed by atoms with E-state index in [-0.39, 0.29) is 11.8 Å². The van der Waals surface area contributed by atoms with Crippen LogP contribution >= 0.6 is 11.3 Å². The summed E-state index contributed by atoms with van der Waals surface area (Å²) in [5.41, 5.74) is 0. The van der Waals surface area contributed by atoms with Gasteiger partial charge >= 0.3 is 0 Å². The molecule has 0 aromatic carbocycles. The summed E-state index contributed by atoms with van der Waals surface area (Å²) in [4.78, 5) is 33.2. The van der Waals surface area contributed by atoms with Crippen LogP contribution in [0.3, 0.4) is 0 Å². The Labute approximate surface area is 166 Å². The number of nitrogens with zero attached hydrogens (tertiary/aromatic N) is 3. The average molecular weight is 390 g/mol. The summed E-state index contributed by atoms with van der Waals surface area (Å²) in [5, 5.41) is 2.08. The second-order valence-corrected chi connectivity index (χ2v) is 9.30. The Balaban J connectivity index is 1.25. The molecule has 0 N–H and O–H groups in total. The number of rotatable bonds is 6. The summed E-state index contributed by atoms with van der Waals surface area (Å²) >= 11 is 1.73. The standard InChI is InChI=1S/C21H31N3O2S/c25-20(24(18-8-9-18)15-19-7-4-14-27-19)16-22-10-12-23(13-11-22)21(26)17-5-2-1-3-6-17/h4,7,14,17-18H,1-3,5-6,8-13,15-16H2. The van der Waals surface area contributed by atoms with Gasteiger partial charge in [0.1, 0.15) is 0 Å². The van der Waals surface area contributed by atoms with Crippen LogP contribution in [0.25, 0.3) is 0 Å². The number of carbonyl (C=O) groups is 2. The Morgan fingerprint density at radius 2 is 1.78 bits per heavy atom. The predicted octanol–water partition coefficient (Wildman–Crippen LogP) is 2.96. The van der Waals surface area contributed by atoms with Gasteiger partial charge in [-0.1, -0.05) is 25.3 Å². The monoisotopic (exact) mass is 389 g/mol. The molecular formula is C21H31N3O2S. The number of piperazine rings is 1. The van der Waals surface area contributed by atoms with E-state index in [0.717, 1.165) is 58.4 Å². The van der Waals surface area contributed by atoms with Gasteiger partial charge in [0.05, 0.1) is 13.1 Å². The summed E-state index contributed by atoms with van der Waals surface area (Å²) in [5.74, 6) is 0.860. The molecule has 5 nitrogen and oxygen atoms in total. The maximum Gasteiger partial charge on any atom is 0.237 e. The minimum atomic E-state index is 0.248. The molecule has 0 spiro atoms. The minimum Gasteiger partial charge on any atom is -0.340 e. The van der Waals surface area contributed by atoms with Gasteiger partial charge in [-0.25, -0.2) is 0 Å². The lowest BCUT2D eigenvalue weighted by atomic mass is 9.88. The molecule has 2 heterocycles. The molecule has 2 aliphatic carbocycles. The Morgan fingerprint density at radius 3 is 2.41 bits per heavy atom. The highest BCUT2D eigenvalue weighted by atomic mass is 32.1. The van der Waals surface area contributed by atoms with Gasteiger partial charge in [-0.3, -0.25) is 14.5 Å². The number of hydrogen-bond acceptors (Lipinski definition) is 4. The lowest BCUT2D eigenvalue weighted by Gasteiger charge is -2.37. The molecule has 2 saturated carbocycles. The van der Waals surface area contributed by atoms with Crippen molar-refractivity contribution in [2.75, 3.05) is 32.7 Å². The average Bonchev–Trinajstić information content (AvgIpc) is 3.42. The van der Waals surface area contributed by atoms with Crippen molar-refractivity contribution in [1.29, 1.82) is 0 Å². The zero-order chi connectivity index (χ0) is 18.6. The van der Waals surface area contributed by atoms with Gasteiger partial charge in [-0.15, -0.1) is 11.3 Å². The molecule has 0 radical (unpaired) electrons. The highest BCUT2D eigenvalue weighted by Crippen LogP contribution is 2.30. The van der Waals surface area contributed by atoms with E-state index in [4.69, 9.17) is 0 Å². The Bertz CT molecular complexity index is 630. The topological polar surface area (TPSA) is 43.9 Å². The predicted molar refractivity (Wildman–Crippen MR) is 107 cm³/mol. The van der Waals surface area contributed by atoms with E-state index in [1.807, 2.05) is 4.90 Å². The summed E-state index contributed by atoms with van der Waals surface area (Å²) in [7, 11) is 0. The molecule has 1 saturated heterocycles. The van der Waals surface area contributed by atoms with Gasteiger partial charge in [-0.05, 0) is 37.1 Å². The Kier molecular flexibility index (Phi) is 6.13. The third-order valence-corrected chi connectivity index (χ3v) is 7.07. The van der Waals surface area contributed by atoms with Crippen molar-refractivity contribution in [1.82, 2.24) is 14.7 Å². The van der Waals surface area contributed by atoms with E-state index in [9.17, 15) is 9.59 Å². The van der Waals surface area contributed by atoms with Crippen LogP contribution in [0.2, 0.25) is 0 Å². The molecule has 148 valence electrons. The van der Waals surface area contributed by atoms with Crippen LogP contribution in [0.4, 0.5) is 0 Å². The largest absolute Gasteiger partial charge is 0.340 e. The summed E-state index contributed by atoms with van der Waals surface area (Å²) in [6.07, 6.45) is 8.09. The van der Waals surface area contributed by atoms with Crippen LogP contribution < -0.4 is 0 Å². The van der Waals surface area contributed by atoms with Crippen LogP contribution in [0.15, 0.2) is 17.5 Å². The van der Waals surface area contributed by atoms with Crippen LogP contribution in [-0.4, -0.2) is 65.3 Å². The van der Waals surface area contributed by atoms with E-state index >= 15 is 0 Å². The van der Waals surface area contributed by atoms with Gasteiger partial charge < -0.3 is 9.80 Å². The van der Waals surface area contributed by atoms with Crippen molar-refractivity contribution >= 4 is 23.2 Å². The zero-order valence-electron chi connectivity index (χ0n) is 16.1. The smallest absolute Gasteiger partial charge is 0.237 e. The van der Waals surface area contributed by atoms with Crippen LogP contribution in [-0.2, 0) is 16.1 Å². The van der Waals surface area contributed by atoms with Crippen molar-refractivity contribution in [3.63, 3.8) is 0 Å². The van der Waals surface area contributed by atoms with Crippen LogP contribution in [0.5, 0.6) is 0 Å². The fourth-order valence-corrected chi connectivity index (χ4v) is 5.10. The number of amides is 2. The van der Waals surface area contributed by atoms with Gasteiger partial charge in [0.15, 0.2) is 0 Å². The number of carbonyl (C=O) groups excluding carboxylic acids is 2. The number of thiophene rings is 1. The first-order chi connectivity index (χ1) is 13.2. The first kappa shape index (κ1) is 18.9. The quantitative estimate of drug-likeness (QED) is 0.751. The molecule has 27 heavy (non-hydrogen) atoms. The summed E-state index contributed by atoms with van der Waals surface area (Å²) in [6.45, 7) is 4.44. The van der Waals surface area contributed by atoms with Crippen molar-refractivity contribution in [3.8, 4) is 0 Å². The maximum absolute atomic E-state index is 12.9. The van der Waals surface area contributed by atoms with Gasteiger partial charge in [-0.2, -0.15) is 0 Å². The first-order valence-electron chi connectivity index (χ1n) is 10.5. The highest BCUT2D eigenvalue weighted by Gasteiger charge is 2.34. The SMILES string of the molecule is O=C(C1CCCCC1)N1CCN(CC(=O)N(Cc2cccs2)C2CC2)CC1. The van der Waals surface area contributed by atoms with E-state index in [1.54, 1.807) is 11.3 Å². The fourth-order valence-electron chi connectivity index (χ4n) is 4.39. The van der Waals surface area contributed by atoms with Crippen molar-refractivity contribution in [2.45, 2.75) is 57.5 Å². The van der Waals surface area contributed by atoms with Crippen molar-refractivity contribution < 1.29 is 9.59 Å². The minimum absolute atomic E-state index is 0.248. The first-order valence-corrected chi connectivity index (χ1v) is 11.4. The molecule has 0 unspecified atom stereocenters. The third kappa shape index (κ3) is 4.91. The lowest BCUT2D eigenvalue weighted by Crippen LogP contribution is -2.53. The van der Waals surface area contributed by atoms with Crippen molar-refractivity contribution in [2.24, 2.45) is 5.92 Å². The van der Waals surface area contributed by atoms with Gasteiger partial charge in [0.2, 0.25) is 11.8 Å². The van der Waals surface area contributed by atoms with E-state index in [1.165, 1.54) is 24.1 Å². The van der Waals surface area contributed by atoms with E-state index < -0.39 is 0 Å². The van der Waals surface area contributed by atoms with Crippen molar-refractivity contribution in [3.05, 3.63) is 22.4 Å².